The molecule has 0 bridgehead atoms. The summed E-state index contributed by atoms with van der Waals surface area (Å²) in [7, 11) is 0. The zero-order valence-electron chi connectivity index (χ0n) is 11.9. The summed E-state index contributed by atoms with van der Waals surface area (Å²) in [6.07, 6.45) is 2.00. The molecule has 0 aliphatic heterocycles. The predicted molar refractivity (Wildman–Crippen MR) is 85.9 cm³/mol. The highest BCUT2D eigenvalue weighted by Crippen LogP contribution is 2.35. The van der Waals surface area contributed by atoms with Gasteiger partial charge in [0.05, 0.1) is 10.6 Å². The number of carbonyl (C=O) groups excluding carboxylic acids is 1. The van der Waals surface area contributed by atoms with Crippen LogP contribution in [0.1, 0.15) is 33.3 Å². The van der Waals surface area contributed by atoms with Crippen molar-refractivity contribution in [3.05, 3.63) is 45.8 Å². The van der Waals surface area contributed by atoms with Gasteiger partial charge < -0.3 is 4.98 Å². The third kappa shape index (κ3) is 1.98. The van der Waals surface area contributed by atoms with Crippen LogP contribution in [-0.4, -0.2) is 11.3 Å². The lowest BCUT2D eigenvalue weighted by Crippen LogP contribution is -1.82. The molecule has 0 aliphatic carbocycles. The second-order valence-corrected chi connectivity index (χ2v) is 6.32. The van der Waals surface area contributed by atoms with E-state index >= 15 is 0 Å². The van der Waals surface area contributed by atoms with E-state index in [1.165, 1.54) is 16.0 Å². The van der Waals surface area contributed by atoms with Crippen LogP contribution in [0.2, 0.25) is 0 Å². The molecule has 0 fully saturated rings. The number of carbonyl (C=O) groups is 1. The average Bonchev–Trinajstić information content (AvgIpc) is 3.01. The first-order valence-electron chi connectivity index (χ1n) is 6.81. The summed E-state index contributed by atoms with van der Waals surface area (Å²) < 4.78 is 0. The molecule has 0 radical (unpaired) electrons. The topological polar surface area (TPSA) is 32.9 Å². The van der Waals surface area contributed by atoms with Gasteiger partial charge in [-0.2, -0.15) is 0 Å². The molecule has 3 rings (SSSR count). The molecule has 2 nitrogen and oxygen atoms in total. The summed E-state index contributed by atoms with van der Waals surface area (Å²) in [5.74, 6) is 0. The Kier molecular flexibility index (Phi) is 3.22. The summed E-state index contributed by atoms with van der Waals surface area (Å²) in [4.78, 5) is 17.5. The number of hydrogen-bond acceptors (Lipinski definition) is 2. The summed E-state index contributed by atoms with van der Waals surface area (Å²) in [6.45, 7) is 6.29. The highest BCUT2D eigenvalue weighted by Gasteiger charge is 2.15. The molecule has 0 unspecified atom stereocenters. The molecule has 3 heteroatoms. The van der Waals surface area contributed by atoms with Gasteiger partial charge in [-0.15, -0.1) is 11.3 Å². The van der Waals surface area contributed by atoms with Crippen LogP contribution in [0.3, 0.4) is 0 Å². The van der Waals surface area contributed by atoms with Gasteiger partial charge in [-0.05, 0) is 44.0 Å². The van der Waals surface area contributed by atoms with Crippen LogP contribution in [0, 0.1) is 13.8 Å². The van der Waals surface area contributed by atoms with Crippen molar-refractivity contribution < 1.29 is 4.79 Å². The molecule has 0 atom stereocenters. The minimum atomic E-state index is 0.774. The zero-order chi connectivity index (χ0) is 14.3. The standard InChI is InChI=1S/C17H17NOS/c1-4-12-5-6-15(20-12)17-14(9-19)13-8-10(2)7-11(3)16(13)18-17/h5-9,18H,4H2,1-3H3. The smallest absolute Gasteiger partial charge is 0.152 e. The van der Waals surface area contributed by atoms with E-state index in [0.29, 0.717) is 0 Å². The highest BCUT2D eigenvalue weighted by atomic mass is 32.1. The number of nitrogens with one attached hydrogen (secondary N) is 1. The number of aromatic amines is 1. The van der Waals surface area contributed by atoms with Crippen molar-refractivity contribution in [2.75, 3.05) is 0 Å². The maximum atomic E-state index is 11.6. The van der Waals surface area contributed by atoms with Crippen molar-refractivity contribution in [3.8, 4) is 10.6 Å². The minimum Gasteiger partial charge on any atom is -0.353 e. The van der Waals surface area contributed by atoms with Crippen LogP contribution in [0.25, 0.3) is 21.5 Å². The van der Waals surface area contributed by atoms with Crippen molar-refractivity contribution in [3.63, 3.8) is 0 Å². The molecule has 3 aromatic rings. The van der Waals surface area contributed by atoms with E-state index in [4.69, 9.17) is 0 Å². The number of hydrogen-bond donors (Lipinski definition) is 1. The van der Waals surface area contributed by atoms with E-state index in [1.807, 2.05) is 0 Å². The normalized spacial score (nSPS) is 11.2. The molecule has 102 valence electrons. The van der Waals surface area contributed by atoms with Gasteiger partial charge >= 0.3 is 0 Å². The monoisotopic (exact) mass is 283 g/mol. The van der Waals surface area contributed by atoms with Crippen molar-refractivity contribution in [2.45, 2.75) is 27.2 Å². The Morgan fingerprint density at radius 1 is 1.25 bits per heavy atom. The lowest BCUT2D eigenvalue weighted by Gasteiger charge is -1.98. The molecular weight excluding hydrogens is 266 g/mol. The third-order valence-corrected chi connectivity index (χ3v) is 4.91. The molecule has 2 heterocycles. The largest absolute Gasteiger partial charge is 0.353 e. The van der Waals surface area contributed by atoms with Crippen molar-refractivity contribution in [1.29, 1.82) is 0 Å². The van der Waals surface area contributed by atoms with Crippen LogP contribution in [0.4, 0.5) is 0 Å². The first-order chi connectivity index (χ1) is 9.63. The summed E-state index contributed by atoms with van der Waals surface area (Å²) in [5, 5.41) is 1.03. The molecule has 0 spiro atoms. The second kappa shape index (κ2) is 4.91. The SMILES string of the molecule is CCc1ccc(-c2[nH]c3c(C)cc(C)cc3c2C=O)s1. The van der Waals surface area contributed by atoms with Crippen molar-refractivity contribution in [1.82, 2.24) is 4.98 Å². The van der Waals surface area contributed by atoms with Crippen molar-refractivity contribution in [2.24, 2.45) is 0 Å². The molecule has 2 aromatic heterocycles. The summed E-state index contributed by atoms with van der Waals surface area (Å²) >= 11 is 1.75. The molecular formula is C17H17NOS. The molecule has 0 saturated heterocycles. The molecule has 20 heavy (non-hydrogen) atoms. The van der Waals surface area contributed by atoms with Gasteiger partial charge in [0.1, 0.15) is 0 Å². The molecule has 0 saturated carbocycles. The van der Waals surface area contributed by atoms with Gasteiger partial charge in [-0.1, -0.05) is 18.6 Å². The Hall–Kier alpha value is -1.87. The summed E-state index contributed by atoms with van der Waals surface area (Å²) in [6, 6.07) is 8.46. The molecule has 0 amide bonds. The van der Waals surface area contributed by atoms with E-state index in [-0.39, 0.29) is 0 Å². The number of fused-ring (bicyclic) bond motifs is 1. The summed E-state index contributed by atoms with van der Waals surface area (Å²) in [5.41, 5.74) is 5.16. The number of aromatic nitrogens is 1. The highest BCUT2D eigenvalue weighted by molar-refractivity contribution is 7.15. The van der Waals surface area contributed by atoms with Crippen LogP contribution in [0.15, 0.2) is 24.3 Å². The molecule has 1 aromatic carbocycles. The Labute approximate surface area is 122 Å². The lowest BCUT2D eigenvalue weighted by atomic mass is 10.1. The lowest BCUT2D eigenvalue weighted by molar-refractivity contribution is 0.112. The Balaban J connectivity index is 2.30. The van der Waals surface area contributed by atoms with Gasteiger partial charge in [0.2, 0.25) is 0 Å². The van der Waals surface area contributed by atoms with E-state index < -0.39 is 0 Å². The predicted octanol–water partition coefficient (Wildman–Crippen LogP) is 4.89. The number of aryl methyl sites for hydroxylation is 3. The van der Waals surface area contributed by atoms with Crippen LogP contribution >= 0.6 is 11.3 Å². The number of thiophene rings is 1. The first kappa shape index (κ1) is 13.1. The van der Waals surface area contributed by atoms with Crippen LogP contribution < -0.4 is 0 Å². The Morgan fingerprint density at radius 2 is 2.05 bits per heavy atom. The maximum absolute atomic E-state index is 11.6. The quantitative estimate of drug-likeness (QED) is 0.682. The van der Waals surface area contributed by atoms with E-state index in [0.717, 1.165) is 39.7 Å². The maximum Gasteiger partial charge on any atom is 0.152 e. The fourth-order valence-electron chi connectivity index (χ4n) is 2.69. The number of H-pyrrole nitrogens is 1. The van der Waals surface area contributed by atoms with Gasteiger partial charge in [-0.3, -0.25) is 4.79 Å². The Morgan fingerprint density at radius 3 is 2.70 bits per heavy atom. The number of benzene rings is 1. The third-order valence-electron chi connectivity index (χ3n) is 3.66. The van der Waals surface area contributed by atoms with Gasteiger partial charge in [0.15, 0.2) is 6.29 Å². The van der Waals surface area contributed by atoms with Crippen LogP contribution in [0.5, 0.6) is 0 Å². The Bertz CT molecular complexity index is 795. The van der Waals surface area contributed by atoms with Gasteiger partial charge in [0.25, 0.3) is 0 Å². The van der Waals surface area contributed by atoms with Crippen molar-refractivity contribution >= 4 is 28.5 Å². The minimum absolute atomic E-state index is 0.774. The number of rotatable bonds is 3. The molecule has 0 aliphatic rings. The fourth-order valence-corrected chi connectivity index (χ4v) is 3.65. The number of aldehydes is 1. The zero-order valence-corrected chi connectivity index (χ0v) is 12.7. The van der Waals surface area contributed by atoms with Gasteiger partial charge in [0, 0.05) is 21.3 Å². The fraction of sp³-hybridized carbons (Fsp3) is 0.235. The second-order valence-electron chi connectivity index (χ2n) is 5.16. The van der Waals surface area contributed by atoms with E-state index in [2.05, 4.69) is 50.0 Å². The van der Waals surface area contributed by atoms with Gasteiger partial charge in [-0.25, -0.2) is 0 Å². The van der Waals surface area contributed by atoms with E-state index in [1.54, 1.807) is 11.3 Å². The van der Waals surface area contributed by atoms with Crippen LogP contribution in [-0.2, 0) is 6.42 Å². The molecule has 1 N–H and O–H groups in total. The first-order valence-corrected chi connectivity index (χ1v) is 7.63. The average molecular weight is 283 g/mol. The van der Waals surface area contributed by atoms with E-state index in [9.17, 15) is 4.79 Å².